The molecule has 29 heavy (non-hydrogen) atoms. The Hall–Kier alpha value is -3.47. The van der Waals surface area contributed by atoms with E-state index in [0.717, 1.165) is 27.9 Å². The summed E-state index contributed by atoms with van der Waals surface area (Å²) < 4.78 is 0. The molecule has 0 radical (unpaired) electrons. The Labute approximate surface area is 171 Å². The lowest BCUT2D eigenvalue weighted by Crippen LogP contribution is -2.24. The summed E-state index contributed by atoms with van der Waals surface area (Å²) >= 11 is 0. The molecule has 0 aliphatic carbocycles. The molecule has 2 aromatic carbocycles. The van der Waals surface area contributed by atoms with Crippen LogP contribution in [0.1, 0.15) is 48.7 Å². The van der Waals surface area contributed by atoms with Crippen LogP contribution in [0, 0.1) is 27.7 Å². The highest BCUT2D eigenvalue weighted by atomic mass is 16.2. The van der Waals surface area contributed by atoms with E-state index in [9.17, 15) is 9.59 Å². The molecule has 5 nitrogen and oxygen atoms in total. The molecule has 2 amide bonds. The number of carbonyl (C=O) groups excluding carboxylic acids is 2. The topological polar surface area (TPSA) is 71.1 Å². The van der Waals surface area contributed by atoms with Crippen LogP contribution in [0.25, 0.3) is 0 Å². The van der Waals surface area contributed by atoms with Gasteiger partial charge in [0.1, 0.15) is 5.69 Å². The average molecular weight is 387 g/mol. The Morgan fingerprint density at radius 1 is 0.828 bits per heavy atom. The lowest BCUT2D eigenvalue weighted by atomic mass is 10.0. The third-order valence-electron chi connectivity index (χ3n) is 4.74. The van der Waals surface area contributed by atoms with Gasteiger partial charge in [-0.3, -0.25) is 14.6 Å². The molecule has 5 heteroatoms. The number of nitrogens with zero attached hydrogens (tertiary/aromatic N) is 1. The first-order chi connectivity index (χ1) is 13.8. The molecule has 0 bridgehead atoms. The zero-order chi connectivity index (χ0) is 21.0. The van der Waals surface area contributed by atoms with Crippen LogP contribution in [-0.4, -0.2) is 16.8 Å². The third-order valence-corrected chi connectivity index (χ3v) is 4.74. The van der Waals surface area contributed by atoms with Crippen molar-refractivity contribution < 1.29 is 9.59 Å². The normalized spacial score (nSPS) is 10.5. The summed E-state index contributed by atoms with van der Waals surface area (Å²) in [6, 6.07) is 15.1. The van der Waals surface area contributed by atoms with Crippen molar-refractivity contribution in [2.75, 3.05) is 5.32 Å². The van der Waals surface area contributed by atoms with Gasteiger partial charge in [0.15, 0.2) is 0 Å². The molecule has 0 spiro atoms. The van der Waals surface area contributed by atoms with E-state index in [4.69, 9.17) is 0 Å². The molecule has 0 saturated heterocycles. The van der Waals surface area contributed by atoms with Crippen molar-refractivity contribution in [2.45, 2.75) is 34.2 Å². The summed E-state index contributed by atoms with van der Waals surface area (Å²) in [5, 5.41) is 5.79. The van der Waals surface area contributed by atoms with Crippen molar-refractivity contribution in [3.63, 3.8) is 0 Å². The lowest BCUT2D eigenvalue weighted by Gasteiger charge is -2.13. The SMILES string of the molecule is Cc1ccc(CNC(=O)c2cc(C(=O)Nc3c(C)cc(C)cc3C)ccn2)cc1. The number of nitrogens with one attached hydrogen (secondary N) is 2. The fourth-order valence-corrected chi connectivity index (χ4v) is 3.24. The quantitative estimate of drug-likeness (QED) is 0.677. The summed E-state index contributed by atoms with van der Waals surface area (Å²) in [5.74, 6) is -0.585. The second-order valence-corrected chi connectivity index (χ2v) is 7.33. The zero-order valence-electron chi connectivity index (χ0n) is 17.2. The minimum Gasteiger partial charge on any atom is -0.347 e. The van der Waals surface area contributed by atoms with Crippen LogP contribution in [0.15, 0.2) is 54.7 Å². The van der Waals surface area contributed by atoms with Crippen LogP contribution < -0.4 is 10.6 Å². The Morgan fingerprint density at radius 2 is 1.48 bits per heavy atom. The van der Waals surface area contributed by atoms with Gasteiger partial charge in [-0.1, -0.05) is 47.5 Å². The number of aryl methyl sites for hydroxylation is 4. The number of benzene rings is 2. The molecular formula is C24H25N3O2. The van der Waals surface area contributed by atoms with Crippen LogP contribution in [0.2, 0.25) is 0 Å². The van der Waals surface area contributed by atoms with E-state index in [2.05, 4.69) is 15.6 Å². The molecule has 0 unspecified atom stereocenters. The summed E-state index contributed by atoms with van der Waals surface area (Å²) in [6.07, 6.45) is 1.48. The average Bonchev–Trinajstić information content (AvgIpc) is 2.70. The first-order valence-corrected chi connectivity index (χ1v) is 9.52. The van der Waals surface area contributed by atoms with Gasteiger partial charge in [0.05, 0.1) is 0 Å². The predicted octanol–water partition coefficient (Wildman–Crippen LogP) is 4.50. The highest BCUT2D eigenvalue weighted by Gasteiger charge is 2.14. The van der Waals surface area contributed by atoms with Crippen LogP contribution in [0.4, 0.5) is 5.69 Å². The molecule has 0 atom stereocenters. The Bertz CT molecular complexity index is 1030. The van der Waals surface area contributed by atoms with Crippen molar-refractivity contribution in [2.24, 2.45) is 0 Å². The number of hydrogen-bond acceptors (Lipinski definition) is 3. The van der Waals surface area contributed by atoms with Gasteiger partial charge in [-0.2, -0.15) is 0 Å². The van der Waals surface area contributed by atoms with E-state index in [1.165, 1.54) is 17.8 Å². The van der Waals surface area contributed by atoms with Crippen molar-refractivity contribution in [3.8, 4) is 0 Å². The van der Waals surface area contributed by atoms with Crippen LogP contribution in [0.3, 0.4) is 0 Å². The number of aromatic nitrogens is 1. The molecule has 0 fully saturated rings. The summed E-state index contributed by atoms with van der Waals surface area (Å²) in [7, 11) is 0. The first-order valence-electron chi connectivity index (χ1n) is 9.52. The fraction of sp³-hybridized carbons (Fsp3) is 0.208. The molecule has 1 aromatic heterocycles. The third kappa shape index (κ3) is 5.08. The number of carbonyl (C=O) groups is 2. The maximum Gasteiger partial charge on any atom is 0.270 e. The Morgan fingerprint density at radius 3 is 2.14 bits per heavy atom. The van der Waals surface area contributed by atoms with E-state index in [1.54, 1.807) is 6.07 Å². The van der Waals surface area contributed by atoms with Crippen molar-refractivity contribution >= 4 is 17.5 Å². The van der Waals surface area contributed by atoms with Gasteiger partial charge in [-0.05, 0) is 56.5 Å². The van der Waals surface area contributed by atoms with Gasteiger partial charge in [-0.15, -0.1) is 0 Å². The van der Waals surface area contributed by atoms with Gasteiger partial charge < -0.3 is 10.6 Å². The summed E-state index contributed by atoms with van der Waals surface area (Å²) in [6.45, 7) is 8.37. The second kappa shape index (κ2) is 8.69. The van der Waals surface area contributed by atoms with Crippen molar-refractivity contribution in [1.29, 1.82) is 0 Å². The van der Waals surface area contributed by atoms with E-state index in [-0.39, 0.29) is 17.5 Å². The van der Waals surface area contributed by atoms with Gasteiger partial charge >= 0.3 is 0 Å². The number of hydrogen-bond donors (Lipinski definition) is 2. The zero-order valence-corrected chi connectivity index (χ0v) is 17.2. The van der Waals surface area contributed by atoms with Crippen LogP contribution >= 0.6 is 0 Å². The fourth-order valence-electron chi connectivity index (χ4n) is 3.24. The van der Waals surface area contributed by atoms with Gasteiger partial charge in [-0.25, -0.2) is 0 Å². The van der Waals surface area contributed by atoms with Gasteiger partial charge in [0.2, 0.25) is 0 Å². The van der Waals surface area contributed by atoms with Crippen LogP contribution in [0.5, 0.6) is 0 Å². The molecule has 0 aliphatic heterocycles. The highest BCUT2D eigenvalue weighted by Crippen LogP contribution is 2.22. The van der Waals surface area contributed by atoms with E-state index >= 15 is 0 Å². The largest absolute Gasteiger partial charge is 0.347 e. The van der Waals surface area contributed by atoms with Gasteiger partial charge in [0, 0.05) is 24.0 Å². The minimum atomic E-state index is -0.317. The molecule has 3 aromatic rings. The molecule has 148 valence electrons. The summed E-state index contributed by atoms with van der Waals surface area (Å²) in [5.41, 5.74) is 6.71. The first kappa shape index (κ1) is 20.3. The van der Waals surface area contributed by atoms with Gasteiger partial charge in [0.25, 0.3) is 11.8 Å². The number of rotatable bonds is 5. The minimum absolute atomic E-state index is 0.210. The smallest absolute Gasteiger partial charge is 0.270 e. The van der Waals surface area contributed by atoms with Crippen molar-refractivity contribution in [3.05, 3.63) is 93.8 Å². The monoisotopic (exact) mass is 387 g/mol. The molecule has 0 saturated carbocycles. The van der Waals surface area contributed by atoms with Crippen molar-refractivity contribution in [1.82, 2.24) is 10.3 Å². The Kier molecular flexibility index (Phi) is 6.07. The summed E-state index contributed by atoms with van der Waals surface area (Å²) in [4.78, 5) is 29.3. The number of pyridine rings is 1. The maximum atomic E-state index is 12.7. The van der Waals surface area contributed by atoms with E-state index < -0.39 is 0 Å². The lowest BCUT2D eigenvalue weighted by molar-refractivity contribution is 0.0946. The van der Waals surface area contributed by atoms with E-state index in [0.29, 0.717) is 12.1 Å². The van der Waals surface area contributed by atoms with Crippen LogP contribution in [-0.2, 0) is 6.54 Å². The highest BCUT2D eigenvalue weighted by molar-refractivity contribution is 6.06. The molecule has 3 rings (SSSR count). The predicted molar refractivity (Wildman–Crippen MR) is 115 cm³/mol. The van der Waals surface area contributed by atoms with E-state index in [1.807, 2.05) is 64.1 Å². The number of anilines is 1. The maximum absolute atomic E-state index is 12.7. The number of amides is 2. The molecular weight excluding hydrogens is 362 g/mol. The Balaban J connectivity index is 1.70. The molecule has 0 aliphatic rings. The second-order valence-electron chi connectivity index (χ2n) is 7.33. The molecule has 1 heterocycles. The molecule has 2 N–H and O–H groups in total. The standard InChI is InChI=1S/C24H25N3O2/c1-15-5-7-19(8-6-15)14-26-24(29)21-13-20(9-10-25-21)23(28)27-22-17(3)11-16(2)12-18(22)4/h5-13H,14H2,1-4H3,(H,26,29)(H,27,28).